The van der Waals surface area contributed by atoms with Crippen molar-refractivity contribution in [1.29, 1.82) is 0 Å². The molecule has 2 aromatic heterocycles. The maximum Gasteiger partial charge on any atom is 0.158 e. The minimum Gasteiger partial charge on any atom is -0.248 e. The Morgan fingerprint density at radius 2 is 2.17 bits per heavy atom. The highest BCUT2D eigenvalue weighted by Gasteiger charge is 2.09. The second kappa shape index (κ2) is 4.42. The molecule has 3 rings (SSSR count). The van der Waals surface area contributed by atoms with E-state index in [1.54, 1.807) is 0 Å². The quantitative estimate of drug-likeness (QED) is 0.700. The molecule has 0 atom stereocenters. The van der Waals surface area contributed by atoms with E-state index < -0.39 is 0 Å². The Kier molecular flexibility index (Phi) is 2.76. The fourth-order valence-corrected chi connectivity index (χ4v) is 2.31. The maximum atomic E-state index is 6.04. The minimum absolute atomic E-state index is 0.736. The molecule has 0 aliphatic rings. The van der Waals surface area contributed by atoms with E-state index in [2.05, 4.69) is 17.0 Å². The van der Waals surface area contributed by atoms with Gasteiger partial charge in [0.05, 0.1) is 6.20 Å². The molecule has 0 saturated heterocycles. The molecule has 0 spiro atoms. The summed E-state index contributed by atoms with van der Waals surface area (Å²) in [6.07, 6.45) is 3.68. The van der Waals surface area contributed by atoms with Crippen LogP contribution in [0.25, 0.3) is 22.2 Å². The van der Waals surface area contributed by atoms with E-state index in [1.807, 2.05) is 47.4 Å². The van der Waals surface area contributed by atoms with Crippen LogP contribution < -0.4 is 0 Å². The van der Waals surface area contributed by atoms with Crippen molar-refractivity contribution in [1.82, 2.24) is 14.8 Å². The molecule has 3 nitrogen and oxygen atoms in total. The lowest BCUT2D eigenvalue weighted by molar-refractivity contribution is 0.677. The van der Waals surface area contributed by atoms with E-state index in [-0.39, 0.29) is 0 Å². The number of aromatic nitrogens is 3. The number of rotatable bonds is 2. The Labute approximate surface area is 110 Å². The first-order valence-electron chi connectivity index (χ1n) is 5.86. The Bertz CT molecular complexity index is 703. The van der Waals surface area contributed by atoms with Crippen LogP contribution in [-0.2, 0) is 6.54 Å². The normalized spacial score (nSPS) is 11.0. The number of pyridine rings is 1. The average Bonchev–Trinajstić information content (AvgIpc) is 2.81. The predicted molar refractivity (Wildman–Crippen MR) is 73.6 cm³/mol. The van der Waals surface area contributed by atoms with Crippen LogP contribution in [0.3, 0.4) is 0 Å². The molecule has 4 heteroatoms. The topological polar surface area (TPSA) is 30.7 Å². The van der Waals surface area contributed by atoms with Gasteiger partial charge >= 0.3 is 0 Å². The Balaban J connectivity index is 2.26. The van der Waals surface area contributed by atoms with Crippen LogP contribution in [-0.4, -0.2) is 14.8 Å². The van der Waals surface area contributed by atoms with E-state index >= 15 is 0 Å². The van der Waals surface area contributed by atoms with Gasteiger partial charge in [-0.1, -0.05) is 23.7 Å². The van der Waals surface area contributed by atoms with Crippen LogP contribution in [0.5, 0.6) is 0 Å². The van der Waals surface area contributed by atoms with Crippen molar-refractivity contribution in [3.63, 3.8) is 0 Å². The molecule has 18 heavy (non-hydrogen) atoms. The van der Waals surface area contributed by atoms with E-state index in [1.165, 1.54) is 0 Å². The summed E-state index contributed by atoms with van der Waals surface area (Å²) in [6, 6.07) is 9.83. The van der Waals surface area contributed by atoms with Gasteiger partial charge in [-0.2, -0.15) is 5.10 Å². The third-order valence-corrected chi connectivity index (χ3v) is 3.21. The molecule has 0 bridgehead atoms. The van der Waals surface area contributed by atoms with Crippen molar-refractivity contribution in [3.05, 3.63) is 47.7 Å². The number of fused-ring (bicyclic) bond motifs is 1. The molecule has 0 saturated carbocycles. The lowest BCUT2D eigenvalue weighted by Crippen LogP contribution is -1.96. The fraction of sp³-hybridized carbons (Fsp3) is 0.143. The molecule has 0 fully saturated rings. The predicted octanol–water partition coefficient (Wildman–Crippen LogP) is 3.77. The molecule has 0 amide bonds. The van der Waals surface area contributed by atoms with E-state index in [0.29, 0.717) is 0 Å². The SMILES string of the molecule is CCn1ncc2c(-c3cccc(Cl)c3)ccnc21. The zero-order chi connectivity index (χ0) is 12.5. The van der Waals surface area contributed by atoms with Crippen LogP contribution in [0.15, 0.2) is 42.7 Å². The number of halogens is 1. The Morgan fingerprint density at radius 1 is 1.28 bits per heavy atom. The molecule has 0 aliphatic carbocycles. The van der Waals surface area contributed by atoms with Gasteiger partial charge in [-0.3, -0.25) is 0 Å². The van der Waals surface area contributed by atoms with Crippen molar-refractivity contribution in [2.45, 2.75) is 13.5 Å². The largest absolute Gasteiger partial charge is 0.248 e. The molecular formula is C14H12ClN3. The molecule has 2 heterocycles. The van der Waals surface area contributed by atoms with E-state index in [0.717, 1.165) is 33.7 Å². The van der Waals surface area contributed by atoms with Crippen molar-refractivity contribution in [2.24, 2.45) is 0 Å². The molecule has 90 valence electrons. The first-order chi connectivity index (χ1) is 8.79. The van der Waals surface area contributed by atoms with Gasteiger partial charge in [-0.25, -0.2) is 9.67 Å². The third-order valence-electron chi connectivity index (χ3n) is 2.97. The molecule has 3 aromatic rings. The van der Waals surface area contributed by atoms with Crippen LogP contribution >= 0.6 is 11.6 Å². The number of hydrogen-bond donors (Lipinski definition) is 0. The second-order valence-corrected chi connectivity index (χ2v) is 4.50. The number of benzene rings is 1. The summed E-state index contributed by atoms with van der Waals surface area (Å²) >= 11 is 6.04. The summed E-state index contributed by atoms with van der Waals surface area (Å²) in [5.41, 5.74) is 3.11. The van der Waals surface area contributed by atoms with Gasteiger partial charge < -0.3 is 0 Å². The summed E-state index contributed by atoms with van der Waals surface area (Å²) in [4.78, 5) is 4.39. The smallest absolute Gasteiger partial charge is 0.158 e. The van der Waals surface area contributed by atoms with Crippen LogP contribution in [0.2, 0.25) is 5.02 Å². The molecule has 0 radical (unpaired) electrons. The Hall–Kier alpha value is -1.87. The Morgan fingerprint density at radius 3 is 2.94 bits per heavy atom. The van der Waals surface area contributed by atoms with Gasteiger partial charge in [0, 0.05) is 23.2 Å². The standard InChI is InChI=1S/C14H12ClN3/c1-2-18-14-13(9-17-18)12(6-7-16-14)10-4-3-5-11(15)8-10/h3-9H,2H2,1H3. The lowest BCUT2D eigenvalue weighted by atomic mass is 10.0. The molecule has 1 aromatic carbocycles. The van der Waals surface area contributed by atoms with Crippen molar-refractivity contribution in [3.8, 4) is 11.1 Å². The van der Waals surface area contributed by atoms with Crippen molar-refractivity contribution >= 4 is 22.6 Å². The maximum absolute atomic E-state index is 6.04. The van der Waals surface area contributed by atoms with Gasteiger partial charge in [-0.15, -0.1) is 0 Å². The van der Waals surface area contributed by atoms with Gasteiger partial charge in [0.1, 0.15) is 0 Å². The molecule has 0 N–H and O–H groups in total. The molecule has 0 unspecified atom stereocenters. The highest BCUT2D eigenvalue weighted by molar-refractivity contribution is 6.30. The zero-order valence-electron chi connectivity index (χ0n) is 9.97. The number of nitrogens with zero attached hydrogens (tertiary/aromatic N) is 3. The average molecular weight is 258 g/mol. The first kappa shape index (κ1) is 11.2. The summed E-state index contributed by atoms with van der Waals surface area (Å²) < 4.78 is 1.89. The van der Waals surface area contributed by atoms with Crippen LogP contribution in [0.4, 0.5) is 0 Å². The van der Waals surface area contributed by atoms with Gasteiger partial charge in [0.15, 0.2) is 5.65 Å². The van der Waals surface area contributed by atoms with E-state index in [4.69, 9.17) is 11.6 Å². The van der Waals surface area contributed by atoms with Crippen LogP contribution in [0.1, 0.15) is 6.92 Å². The van der Waals surface area contributed by atoms with Gasteiger partial charge in [0.25, 0.3) is 0 Å². The summed E-state index contributed by atoms with van der Waals surface area (Å²) in [5, 5.41) is 6.14. The monoisotopic (exact) mass is 257 g/mol. The number of aryl methyl sites for hydroxylation is 1. The minimum atomic E-state index is 0.736. The highest BCUT2D eigenvalue weighted by Crippen LogP contribution is 2.28. The number of hydrogen-bond acceptors (Lipinski definition) is 2. The summed E-state index contributed by atoms with van der Waals surface area (Å²) in [6.45, 7) is 2.87. The zero-order valence-corrected chi connectivity index (χ0v) is 10.7. The van der Waals surface area contributed by atoms with Crippen molar-refractivity contribution in [2.75, 3.05) is 0 Å². The van der Waals surface area contributed by atoms with Gasteiger partial charge in [0.2, 0.25) is 0 Å². The highest BCUT2D eigenvalue weighted by atomic mass is 35.5. The van der Waals surface area contributed by atoms with Gasteiger partial charge in [-0.05, 0) is 36.2 Å². The van der Waals surface area contributed by atoms with Crippen molar-refractivity contribution < 1.29 is 0 Å². The molecular weight excluding hydrogens is 246 g/mol. The lowest BCUT2D eigenvalue weighted by Gasteiger charge is -2.04. The summed E-state index contributed by atoms with van der Waals surface area (Å²) in [5.74, 6) is 0. The van der Waals surface area contributed by atoms with E-state index in [9.17, 15) is 0 Å². The first-order valence-corrected chi connectivity index (χ1v) is 6.24. The van der Waals surface area contributed by atoms with Crippen LogP contribution in [0, 0.1) is 0 Å². The fourth-order valence-electron chi connectivity index (χ4n) is 2.12. The summed E-state index contributed by atoms with van der Waals surface area (Å²) in [7, 11) is 0. The molecule has 0 aliphatic heterocycles. The third kappa shape index (κ3) is 1.77. The second-order valence-electron chi connectivity index (χ2n) is 4.07.